The Morgan fingerprint density at radius 2 is 2.09 bits per heavy atom. The number of hydrogen-bond donors (Lipinski definition) is 1. The Labute approximate surface area is 68.3 Å². The Balaban J connectivity index is 1.88. The van der Waals surface area contributed by atoms with Crippen molar-refractivity contribution in [3.8, 4) is 0 Å². The summed E-state index contributed by atoms with van der Waals surface area (Å²) in [7, 11) is 0. The fourth-order valence-electron chi connectivity index (χ4n) is 1.76. The second kappa shape index (κ2) is 2.46. The van der Waals surface area contributed by atoms with Crippen molar-refractivity contribution >= 4 is 0 Å². The largest absolute Gasteiger partial charge is 0.361 e. The highest BCUT2D eigenvalue weighted by Gasteiger charge is 2.37. The van der Waals surface area contributed by atoms with E-state index in [1.807, 2.05) is 0 Å². The first-order valence-corrected chi connectivity index (χ1v) is 4.57. The van der Waals surface area contributed by atoms with E-state index < -0.39 is 0 Å². The second-order valence-corrected chi connectivity index (χ2v) is 4.45. The Bertz CT molecular complexity index is 152. The summed E-state index contributed by atoms with van der Waals surface area (Å²) >= 11 is 0. The SMILES string of the molecule is CC1(C)COC(C2CCC2)N1. The van der Waals surface area contributed by atoms with E-state index in [9.17, 15) is 0 Å². The summed E-state index contributed by atoms with van der Waals surface area (Å²) < 4.78 is 5.66. The van der Waals surface area contributed by atoms with Crippen LogP contribution in [-0.4, -0.2) is 18.4 Å². The molecule has 0 aromatic heterocycles. The molecule has 2 aliphatic rings. The van der Waals surface area contributed by atoms with Gasteiger partial charge in [0.2, 0.25) is 0 Å². The molecule has 1 atom stereocenters. The van der Waals surface area contributed by atoms with Crippen molar-refractivity contribution < 1.29 is 4.74 Å². The van der Waals surface area contributed by atoms with Crippen molar-refractivity contribution in [1.82, 2.24) is 5.32 Å². The van der Waals surface area contributed by atoms with Gasteiger partial charge < -0.3 is 4.74 Å². The molecule has 1 saturated heterocycles. The van der Waals surface area contributed by atoms with Gasteiger partial charge in [0.25, 0.3) is 0 Å². The lowest BCUT2D eigenvalue weighted by atomic mass is 9.84. The quantitative estimate of drug-likeness (QED) is 0.619. The molecule has 0 aromatic carbocycles. The van der Waals surface area contributed by atoms with Gasteiger partial charge in [-0.2, -0.15) is 0 Å². The predicted octanol–water partition coefficient (Wildman–Crippen LogP) is 1.51. The van der Waals surface area contributed by atoms with Crippen molar-refractivity contribution in [2.45, 2.75) is 44.9 Å². The number of rotatable bonds is 1. The van der Waals surface area contributed by atoms with Crippen LogP contribution in [0.25, 0.3) is 0 Å². The zero-order chi connectivity index (χ0) is 7.90. The molecule has 1 N–H and O–H groups in total. The summed E-state index contributed by atoms with van der Waals surface area (Å²) in [6, 6.07) is 0. The molecule has 2 rings (SSSR count). The van der Waals surface area contributed by atoms with E-state index in [4.69, 9.17) is 4.74 Å². The molecule has 0 amide bonds. The third-order valence-electron chi connectivity index (χ3n) is 2.73. The molecular formula is C9H17NO. The van der Waals surface area contributed by atoms with E-state index in [1.54, 1.807) is 0 Å². The van der Waals surface area contributed by atoms with Crippen LogP contribution in [0.3, 0.4) is 0 Å². The monoisotopic (exact) mass is 155 g/mol. The van der Waals surface area contributed by atoms with E-state index in [1.165, 1.54) is 19.3 Å². The van der Waals surface area contributed by atoms with Crippen molar-refractivity contribution in [1.29, 1.82) is 0 Å². The van der Waals surface area contributed by atoms with Crippen LogP contribution in [0.2, 0.25) is 0 Å². The van der Waals surface area contributed by atoms with Crippen LogP contribution in [0.15, 0.2) is 0 Å². The minimum absolute atomic E-state index is 0.209. The molecule has 1 heterocycles. The lowest BCUT2D eigenvalue weighted by Gasteiger charge is -2.31. The van der Waals surface area contributed by atoms with Crippen LogP contribution in [-0.2, 0) is 4.74 Å². The molecule has 1 saturated carbocycles. The normalized spacial score (nSPS) is 37.1. The number of ether oxygens (including phenoxy) is 1. The molecule has 0 bridgehead atoms. The lowest BCUT2D eigenvalue weighted by Crippen LogP contribution is -2.43. The lowest BCUT2D eigenvalue weighted by molar-refractivity contribution is 0.0196. The summed E-state index contributed by atoms with van der Waals surface area (Å²) in [5, 5.41) is 3.51. The van der Waals surface area contributed by atoms with E-state index in [0.29, 0.717) is 6.23 Å². The minimum Gasteiger partial charge on any atom is -0.361 e. The third-order valence-corrected chi connectivity index (χ3v) is 2.73. The van der Waals surface area contributed by atoms with Crippen molar-refractivity contribution in [3.63, 3.8) is 0 Å². The van der Waals surface area contributed by atoms with Crippen LogP contribution in [0.5, 0.6) is 0 Å². The fraction of sp³-hybridized carbons (Fsp3) is 1.00. The predicted molar refractivity (Wildman–Crippen MR) is 44.3 cm³/mol. The molecule has 0 spiro atoms. The van der Waals surface area contributed by atoms with Gasteiger partial charge in [0.15, 0.2) is 0 Å². The highest BCUT2D eigenvalue weighted by molar-refractivity contribution is 4.89. The molecule has 2 fully saturated rings. The average Bonchev–Trinajstić information content (AvgIpc) is 2.05. The van der Waals surface area contributed by atoms with E-state index in [0.717, 1.165) is 12.5 Å². The summed E-state index contributed by atoms with van der Waals surface area (Å²) in [5.74, 6) is 0.803. The maximum atomic E-state index is 5.66. The molecule has 2 heteroatoms. The summed E-state index contributed by atoms with van der Waals surface area (Å²) in [6.45, 7) is 5.27. The van der Waals surface area contributed by atoms with Gasteiger partial charge in [0, 0.05) is 5.54 Å². The van der Waals surface area contributed by atoms with E-state index in [2.05, 4.69) is 19.2 Å². The topological polar surface area (TPSA) is 21.3 Å². The van der Waals surface area contributed by atoms with Crippen molar-refractivity contribution in [2.24, 2.45) is 5.92 Å². The first kappa shape index (κ1) is 7.56. The Morgan fingerprint density at radius 3 is 2.45 bits per heavy atom. The molecule has 1 aliphatic carbocycles. The standard InChI is InChI=1S/C9H17NO/c1-9(2)6-11-8(10-9)7-4-3-5-7/h7-8,10H,3-6H2,1-2H3. The zero-order valence-corrected chi connectivity index (χ0v) is 7.39. The number of hydrogen-bond acceptors (Lipinski definition) is 2. The summed E-state index contributed by atoms with van der Waals surface area (Å²) in [5.41, 5.74) is 0.209. The van der Waals surface area contributed by atoms with Crippen LogP contribution in [0, 0.1) is 5.92 Å². The Morgan fingerprint density at radius 1 is 1.36 bits per heavy atom. The van der Waals surface area contributed by atoms with Gasteiger partial charge in [-0.05, 0) is 32.6 Å². The van der Waals surface area contributed by atoms with Crippen LogP contribution in [0.4, 0.5) is 0 Å². The fourth-order valence-corrected chi connectivity index (χ4v) is 1.76. The second-order valence-electron chi connectivity index (χ2n) is 4.45. The van der Waals surface area contributed by atoms with E-state index in [-0.39, 0.29) is 5.54 Å². The summed E-state index contributed by atoms with van der Waals surface area (Å²) in [4.78, 5) is 0. The highest BCUT2D eigenvalue weighted by atomic mass is 16.5. The average molecular weight is 155 g/mol. The Kier molecular flexibility index (Phi) is 1.69. The minimum atomic E-state index is 0.209. The smallest absolute Gasteiger partial charge is 0.111 e. The first-order chi connectivity index (χ1) is 5.17. The van der Waals surface area contributed by atoms with Gasteiger partial charge in [-0.1, -0.05) is 6.42 Å². The van der Waals surface area contributed by atoms with Crippen LogP contribution in [0.1, 0.15) is 33.1 Å². The van der Waals surface area contributed by atoms with Gasteiger partial charge >= 0.3 is 0 Å². The third kappa shape index (κ3) is 1.42. The van der Waals surface area contributed by atoms with Gasteiger partial charge in [-0.15, -0.1) is 0 Å². The van der Waals surface area contributed by atoms with Gasteiger partial charge in [-0.25, -0.2) is 0 Å². The maximum absolute atomic E-state index is 5.66. The zero-order valence-electron chi connectivity index (χ0n) is 7.39. The Hall–Kier alpha value is -0.0800. The molecule has 64 valence electrons. The molecule has 1 unspecified atom stereocenters. The maximum Gasteiger partial charge on any atom is 0.111 e. The highest BCUT2D eigenvalue weighted by Crippen LogP contribution is 2.33. The van der Waals surface area contributed by atoms with Gasteiger partial charge in [0.1, 0.15) is 6.23 Å². The molecule has 2 nitrogen and oxygen atoms in total. The summed E-state index contributed by atoms with van der Waals surface area (Å²) in [6.07, 6.45) is 4.47. The van der Waals surface area contributed by atoms with E-state index >= 15 is 0 Å². The molecule has 0 radical (unpaired) electrons. The molecule has 1 aliphatic heterocycles. The molecular weight excluding hydrogens is 138 g/mol. The molecule has 11 heavy (non-hydrogen) atoms. The van der Waals surface area contributed by atoms with Gasteiger partial charge in [0.05, 0.1) is 6.61 Å². The van der Waals surface area contributed by atoms with Gasteiger partial charge in [-0.3, -0.25) is 5.32 Å². The molecule has 0 aromatic rings. The van der Waals surface area contributed by atoms with Crippen molar-refractivity contribution in [3.05, 3.63) is 0 Å². The first-order valence-electron chi connectivity index (χ1n) is 4.57. The van der Waals surface area contributed by atoms with Crippen LogP contribution < -0.4 is 5.32 Å². The number of nitrogens with one attached hydrogen (secondary N) is 1. The van der Waals surface area contributed by atoms with Crippen molar-refractivity contribution in [2.75, 3.05) is 6.61 Å². The van der Waals surface area contributed by atoms with Crippen LogP contribution >= 0.6 is 0 Å².